The molecule has 3 aromatic rings. The number of hydrogen-bond acceptors (Lipinski definition) is 9. The number of rotatable bonds is 10. The van der Waals surface area contributed by atoms with Gasteiger partial charge < -0.3 is 25.8 Å². The van der Waals surface area contributed by atoms with Crippen molar-refractivity contribution >= 4 is 40.8 Å². The number of hydrogen-bond donors (Lipinski definition) is 3. The van der Waals surface area contributed by atoms with Crippen molar-refractivity contribution in [2.24, 2.45) is 0 Å². The van der Waals surface area contributed by atoms with Gasteiger partial charge in [-0.15, -0.1) is 5.10 Å². The molecular weight excluding hydrogens is 625 g/mol. The number of anilines is 1. The number of carbonyl (C=O) groups is 4. The molecule has 0 radical (unpaired) electrons. The van der Waals surface area contributed by atoms with E-state index in [1.54, 1.807) is 17.9 Å². The third-order valence-electron chi connectivity index (χ3n) is 7.61. The molecule has 1 aliphatic heterocycles. The van der Waals surface area contributed by atoms with Gasteiger partial charge in [-0.05, 0) is 55.3 Å². The Bertz CT molecular complexity index is 1640. The summed E-state index contributed by atoms with van der Waals surface area (Å²) in [6.07, 6.45) is 1.27. The normalized spacial score (nSPS) is 15.6. The van der Waals surface area contributed by atoms with Crippen molar-refractivity contribution in [3.05, 3.63) is 76.0 Å². The maximum atomic E-state index is 15.3. The summed E-state index contributed by atoms with van der Waals surface area (Å²) < 4.78 is 48.4. The minimum atomic E-state index is -4.05. The zero-order chi connectivity index (χ0) is 33.6. The number of benzene rings is 2. The minimum absolute atomic E-state index is 0.0708. The first-order chi connectivity index (χ1) is 21.8. The van der Waals surface area contributed by atoms with Crippen molar-refractivity contribution in [2.45, 2.75) is 37.8 Å². The molecule has 2 aromatic carbocycles. The Morgan fingerprint density at radius 3 is 2.39 bits per heavy atom. The molecule has 4 amide bonds. The van der Waals surface area contributed by atoms with Gasteiger partial charge in [-0.2, -0.15) is 14.0 Å². The van der Waals surface area contributed by atoms with Crippen LogP contribution in [0.3, 0.4) is 0 Å². The monoisotopic (exact) mass is 656 g/mol. The van der Waals surface area contributed by atoms with Gasteiger partial charge in [0.05, 0.1) is 23.5 Å². The van der Waals surface area contributed by atoms with E-state index < -0.39 is 53.0 Å². The number of nitrogens with one attached hydrogen (secondary N) is 3. The molecule has 1 aliphatic rings. The summed E-state index contributed by atoms with van der Waals surface area (Å²) in [5.41, 5.74) is -0.751. The summed E-state index contributed by atoms with van der Waals surface area (Å²) in [6.45, 7) is 4.99. The molecule has 12 nitrogen and oxygen atoms in total. The van der Waals surface area contributed by atoms with Crippen LogP contribution >= 0.6 is 11.5 Å². The Morgan fingerprint density at radius 1 is 1.04 bits per heavy atom. The second-order valence-electron chi connectivity index (χ2n) is 10.8. The second-order valence-corrected chi connectivity index (χ2v) is 11.6. The highest BCUT2D eigenvalue weighted by atomic mass is 32.1. The molecule has 3 atom stereocenters. The van der Waals surface area contributed by atoms with Gasteiger partial charge in [-0.3, -0.25) is 19.2 Å². The number of likely N-dealkylation sites (N-methyl/N-ethyl adjacent to an activating group) is 1. The van der Waals surface area contributed by atoms with Crippen molar-refractivity contribution in [1.29, 1.82) is 5.26 Å². The van der Waals surface area contributed by atoms with Crippen LogP contribution in [0.25, 0.3) is 0 Å². The van der Waals surface area contributed by atoms with E-state index in [9.17, 15) is 28.0 Å². The number of aromatic nitrogens is 2. The molecule has 0 bridgehead atoms. The van der Waals surface area contributed by atoms with E-state index in [2.05, 4.69) is 25.1 Å². The lowest BCUT2D eigenvalue weighted by Crippen LogP contribution is -2.55. The van der Waals surface area contributed by atoms with E-state index in [4.69, 9.17) is 5.26 Å². The lowest BCUT2D eigenvalue weighted by atomic mass is 9.91. The Balaban J connectivity index is 1.46. The summed E-state index contributed by atoms with van der Waals surface area (Å²) in [5.74, 6) is -9.29. The van der Waals surface area contributed by atoms with Gasteiger partial charge in [0.25, 0.3) is 11.8 Å². The lowest BCUT2D eigenvalue weighted by Gasteiger charge is -2.36. The van der Waals surface area contributed by atoms with Crippen LogP contribution in [0, 0.1) is 17.1 Å². The molecule has 1 aromatic heterocycles. The van der Waals surface area contributed by atoms with E-state index in [0.29, 0.717) is 31.7 Å². The molecule has 1 fully saturated rings. The summed E-state index contributed by atoms with van der Waals surface area (Å²) in [5, 5.41) is 19.5. The average Bonchev–Trinajstić information content (AvgIpc) is 3.59. The van der Waals surface area contributed by atoms with Crippen molar-refractivity contribution in [1.82, 2.24) is 30.0 Å². The summed E-state index contributed by atoms with van der Waals surface area (Å²) in [4.78, 5) is 55.4. The van der Waals surface area contributed by atoms with Gasteiger partial charge in [0.1, 0.15) is 22.8 Å². The highest BCUT2D eigenvalue weighted by Gasteiger charge is 2.42. The highest BCUT2D eigenvalue weighted by molar-refractivity contribution is 7.07. The molecule has 0 unspecified atom stereocenters. The number of amides is 4. The smallest absolute Gasteiger partial charge is 0.339 e. The maximum absolute atomic E-state index is 15.3. The molecule has 2 heterocycles. The first-order valence-corrected chi connectivity index (χ1v) is 14.9. The molecule has 46 heavy (non-hydrogen) atoms. The quantitative estimate of drug-likeness (QED) is 0.300. The molecule has 242 valence electrons. The van der Waals surface area contributed by atoms with E-state index in [1.807, 2.05) is 12.4 Å². The number of piperazine rings is 1. The Morgan fingerprint density at radius 2 is 1.76 bits per heavy atom. The minimum Gasteiger partial charge on any atom is -0.339 e. The van der Waals surface area contributed by atoms with Crippen molar-refractivity contribution < 1.29 is 32.3 Å². The van der Waals surface area contributed by atoms with E-state index in [0.717, 1.165) is 36.7 Å². The average molecular weight is 657 g/mol. The zero-order valence-corrected chi connectivity index (χ0v) is 25.9. The van der Waals surface area contributed by atoms with Crippen molar-refractivity contribution in [3.8, 4) is 6.07 Å². The van der Waals surface area contributed by atoms with Crippen LogP contribution in [0.4, 0.5) is 18.9 Å². The van der Waals surface area contributed by atoms with Gasteiger partial charge in [0, 0.05) is 37.7 Å². The maximum Gasteiger partial charge on any atom is 0.349 e. The molecule has 0 spiro atoms. The van der Waals surface area contributed by atoms with Crippen LogP contribution in [0.1, 0.15) is 46.1 Å². The van der Waals surface area contributed by atoms with Crippen LogP contribution in [0.2, 0.25) is 0 Å². The molecule has 0 saturated carbocycles. The number of nitriles is 1. The van der Waals surface area contributed by atoms with Gasteiger partial charge in [-0.1, -0.05) is 29.6 Å². The van der Waals surface area contributed by atoms with Crippen LogP contribution in [0.5, 0.6) is 0 Å². The SMILES string of the molecule is C[C@H](NC(=O)C(F)(F)c1cccc(C#N)c1)C(=O)Nc1ccc([C@H](C)[C@@H](NC(=O)c2cnns2)C(=O)N2CCN(C)CC2)cc1F. The predicted molar refractivity (Wildman–Crippen MR) is 161 cm³/mol. The van der Waals surface area contributed by atoms with Crippen molar-refractivity contribution in [2.75, 3.05) is 38.5 Å². The fraction of sp³-hybridized carbons (Fsp3) is 0.367. The molecule has 0 aliphatic carbocycles. The number of nitrogens with zero attached hydrogens (tertiary/aromatic N) is 5. The largest absolute Gasteiger partial charge is 0.349 e. The molecular formula is C30H31F3N8O4S. The van der Waals surface area contributed by atoms with Gasteiger partial charge >= 0.3 is 5.92 Å². The standard InChI is InChI=1S/C30H31F3N8O4S/c1-17(25(38-27(43)24-16-35-39-46-24)28(44)41-11-9-40(3)10-12-41)20-7-8-23(22(31)14-20)37-26(42)18(2)36-29(45)30(32,33)21-6-4-5-19(13-21)15-34/h4-8,13-14,16-18,25H,9-12H2,1-3H3,(H,36,45)(H,37,42)(H,38,43)/t17-,18-,25+/m0/s1. The van der Waals surface area contributed by atoms with Crippen LogP contribution < -0.4 is 16.0 Å². The third-order valence-corrected chi connectivity index (χ3v) is 8.27. The van der Waals surface area contributed by atoms with Crippen LogP contribution in [0.15, 0.2) is 48.7 Å². The molecule has 4 rings (SSSR count). The number of carbonyl (C=O) groups excluding carboxylic acids is 4. The molecule has 16 heteroatoms. The fourth-order valence-corrected chi connectivity index (χ4v) is 5.14. The summed E-state index contributed by atoms with van der Waals surface area (Å²) in [6, 6.07) is 7.32. The van der Waals surface area contributed by atoms with Crippen LogP contribution in [-0.2, 0) is 20.3 Å². The first-order valence-electron chi connectivity index (χ1n) is 14.2. The third kappa shape index (κ3) is 7.85. The zero-order valence-electron chi connectivity index (χ0n) is 25.1. The van der Waals surface area contributed by atoms with Crippen molar-refractivity contribution in [3.63, 3.8) is 0 Å². The highest BCUT2D eigenvalue weighted by Crippen LogP contribution is 2.29. The number of halogens is 3. The Labute approximate surface area is 266 Å². The Hall–Kier alpha value is -4.88. The Kier molecular flexibility index (Phi) is 10.7. The van der Waals surface area contributed by atoms with E-state index in [1.165, 1.54) is 30.5 Å². The summed E-state index contributed by atoms with van der Waals surface area (Å²) in [7, 11) is 1.93. The lowest BCUT2D eigenvalue weighted by molar-refractivity contribution is -0.148. The van der Waals surface area contributed by atoms with E-state index >= 15 is 4.39 Å². The van der Waals surface area contributed by atoms with Crippen LogP contribution in [-0.4, -0.2) is 88.3 Å². The van der Waals surface area contributed by atoms with E-state index in [-0.39, 0.29) is 22.0 Å². The molecule has 1 saturated heterocycles. The molecule has 3 N–H and O–H groups in total. The topological polar surface area (TPSA) is 160 Å². The number of alkyl halides is 2. The first kappa shape index (κ1) is 34.0. The van der Waals surface area contributed by atoms with Gasteiger partial charge in [0.2, 0.25) is 11.8 Å². The summed E-state index contributed by atoms with van der Waals surface area (Å²) >= 11 is 0.861. The predicted octanol–water partition coefficient (Wildman–Crippen LogP) is 2.46. The van der Waals surface area contributed by atoms with Gasteiger partial charge in [0.15, 0.2) is 0 Å². The van der Waals surface area contributed by atoms with Gasteiger partial charge in [-0.25, -0.2) is 4.39 Å². The fourth-order valence-electron chi connectivity index (χ4n) is 4.72. The second kappa shape index (κ2) is 14.5.